The van der Waals surface area contributed by atoms with Crippen molar-refractivity contribution in [3.8, 4) is 5.75 Å². The van der Waals surface area contributed by atoms with Crippen molar-refractivity contribution >= 4 is 5.91 Å². The van der Waals surface area contributed by atoms with E-state index >= 15 is 0 Å². The Labute approximate surface area is 119 Å². The van der Waals surface area contributed by atoms with Crippen LogP contribution in [0, 0.1) is 5.92 Å². The molecule has 20 heavy (non-hydrogen) atoms. The molecule has 0 radical (unpaired) electrons. The molecule has 1 fully saturated rings. The first-order valence-electron chi connectivity index (χ1n) is 7.46. The molecule has 1 aliphatic carbocycles. The van der Waals surface area contributed by atoms with E-state index < -0.39 is 6.10 Å². The quantitative estimate of drug-likeness (QED) is 0.882. The number of carbonyl (C=O) groups excluding carboxylic acids is 1. The van der Waals surface area contributed by atoms with Crippen molar-refractivity contribution in [2.45, 2.75) is 38.2 Å². The molecule has 0 spiro atoms. The molecule has 1 amide bonds. The van der Waals surface area contributed by atoms with Gasteiger partial charge in [0.2, 0.25) is 0 Å². The number of amides is 1. The van der Waals surface area contributed by atoms with Crippen LogP contribution in [0.4, 0.5) is 0 Å². The first-order chi connectivity index (χ1) is 9.74. The van der Waals surface area contributed by atoms with E-state index in [1.54, 1.807) is 6.07 Å². The largest absolute Gasteiger partial charge is 0.493 e. The Hall–Kier alpha value is -1.55. The number of aliphatic hydroxyl groups excluding tert-OH is 1. The van der Waals surface area contributed by atoms with E-state index in [4.69, 9.17) is 4.74 Å². The molecular formula is C16H21NO3. The van der Waals surface area contributed by atoms with Crippen molar-refractivity contribution in [3.05, 3.63) is 29.3 Å². The summed E-state index contributed by atoms with van der Waals surface area (Å²) in [5.74, 6) is 1.12. The molecule has 2 N–H and O–H groups in total. The normalized spacial score (nSPS) is 19.4. The number of aliphatic hydroxyl groups is 1. The Kier molecular flexibility index (Phi) is 3.92. The molecular weight excluding hydrogens is 254 g/mol. The fourth-order valence-electron chi connectivity index (χ4n) is 3.14. The summed E-state index contributed by atoms with van der Waals surface area (Å²) in [7, 11) is 0. The van der Waals surface area contributed by atoms with Gasteiger partial charge in [0.05, 0.1) is 12.7 Å². The maximum absolute atomic E-state index is 12.1. The summed E-state index contributed by atoms with van der Waals surface area (Å²) in [6, 6.07) is 5.52. The average Bonchev–Trinajstić information content (AvgIpc) is 3.13. The zero-order valence-electron chi connectivity index (χ0n) is 11.6. The Morgan fingerprint density at radius 3 is 3.00 bits per heavy atom. The Morgan fingerprint density at radius 2 is 2.20 bits per heavy atom. The summed E-state index contributed by atoms with van der Waals surface area (Å²) in [5, 5.41) is 12.9. The minimum absolute atomic E-state index is 0.114. The SMILES string of the molecule is O=C(NCC(O)C1CCCC1)c1ccc2c(c1)CCO2. The molecule has 1 saturated carbocycles. The molecule has 108 valence electrons. The summed E-state index contributed by atoms with van der Waals surface area (Å²) in [5.41, 5.74) is 1.74. The second-order valence-electron chi connectivity index (χ2n) is 5.74. The van der Waals surface area contributed by atoms with Gasteiger partial charge in [0.25, 0.3) is 5.91 Å². The number of carbonyl (C=O) groups is 1. The number of nitrogens with one attached hydrogen (secondary N) is 1. The molecule has 1 atom stereocenters. The highest BCUT2D eigenvalue weighted by atomic mass is 16.5. The van der Waals surface area contributed by atoms with Gasteiger partial charge in [0, 0.05) is 18.5 Å². The average molecular weight is 275 g/mol. The Balaban J connectivity index is 1.56. The lowest BCUT2D eigenvalue weighted by Gasteiger charge is -2.18. The Morgan fingerprint density at radius 1 is 1.40 bits per heavy atom. The summed E-state index contributed by atoms with van der Waals surface area (Å²) in [4.78, 5) is 12.1. The zero-order chi connectivity index (χ0) is 13.9. The molecule has 1 unspecified atom stereocenters. The van der Waals surface area contributed by atoms with Crippen LogP contribution < -0.4 is 10.1 Å². The van der Waals surface area contributed by atoms with Gasteiger partial charge in [-0.15, -0.1) is 0 Å². The fourth-order valence-corrected chi connectivity index (χ4v) is 3.14. The molecule has 0 aromatic heterocycles. The number of ether oxygens (including phenoxy) is 1. The highest BCUT2D eigenvalue weighted by molar-refractivity contribution is 5.94. The smallest absolute Gasteiger partial charge is 0.251 e. The maximum atomic E-state index is 12.1. The first-order valence-corrected chi connectivity index (χ1v) is 7.46. The van der Waals surface area contributed by atoms with Gasteiger partial charge >= 0.3 is 0 Å². The van der Waals surface area contributed by atoms with Crippen LogP contribution in [-0.2, 0) is 6.42 Å². The van der Waals surface area contributed by atoms with E-state index in [1.165, 1.54) is 12.8 Å². The van der Waals surface area contributed by atoms with Gasteiger partial charge in [0.15, 0.2) is 0 Å². The van der Waals surface area contributed by atoms with E-state index in [2.05, 4.69) is 5.32 Å². The van der Waals surface area contributed by atoms with Gasteiger partial charge in [-0.05, 0) is 42.5 Å². The van der Waals surface area contributed by atoms with Crippen LogP contribution in [0.1, 0.15) is 41.6 Å². The third-order valence-electron chi connectivity index (χ3n) is 4.37. The highest BCUT2D eigenvalue weighted by Gasteiger charge is 2.23. The standard InChI is InChI=1S/C16H21NO3/c18-14(11-3-1-2-4-11)10-17-16(19)13-5-6-15-12(9-13)7-8-20-15/h5-6,9,11,14,18H,1-4,7-8,10H2,(H,17,19). The predicted molar refractivity (Wildman–Crippen MR) is 75.9 cm³/mol. The number of hydrogen-bond donors (Lipinski definition) is 2. The molecule has 0 saturated heterocycles. The molecule has 4 nitrogen and oxygen atoms in total. The van der Waals surface area contributed by atoms with Crippen LogP contribution >= 0.6 is 0 Å². The van der Waals surface area contributed by atoms with E-state index in [-0.39, 0.29) is 5.91 Å². The van der Waals surface area contributed by atoms with Gasteiger partial charge in [-0.3, -0.25) is 4.79 Å². The second-order valence-corrected chi connectivity index (χ2v) is 5.74. The predicted octanol–water partition coefficient (Wildman–Crippen LogP) is 1.90. The van der Waals surface area contributed by atoms with Crippen LogP contribution in [-0.4, -0.2) is 30.3 Å². The minimum Gasteiger partial charge on any atom is -0.493 e. The molecule has 0 bridgehead atoms. The lowest BCUT2D eigenvalue weighted by atomic mass is 10.0. The first kappa shape index (κ1) is 13.4. The van der Waals surface area contributed by atoms with E-state index in [9.17, 15) is 9.90 Å². The lowest BCUT2D eigenvalue weighted by molar-refractivity contribution is 0.0840. The van der Waals surface area contributed by atoms with Crippen molar-refractivity contribution in [1.29, 1.82) is 0 Å². The molecule has 1 aromatic carbocycles. The summed E-state index contributed by atoms with van der Waals surface area (Å²) in [6.07, 6.45) is 4.99. The van der Waals surface area contributed by atoms with Gasteiger partial charge in [-0.25, -0.2) is 0 Å². The van der Waals surface area contributed by atoms with Gasteiger partial charge in [-0.2, -0.15) is 0 Å². The van der Waals surface area contributed by atoms with E-state index in [0.717, 1.165) is 30.6 Å². The third-order valence-corrected chi connectivity index (χ3v) is 4.37. The molecule has 3 rings (SSSR count). The monoisotopic (exact) mass is 275 g/mol. The molecule has 4 heteroatoms. The molecule has 2 aliphatic rings. The van der Waals surface area contributed by atoms with Gasteiger partial charge in [0.1, 0.15) is 5.75 Å². The van der Waals surface area contributed by atoms with Crippen LogP contribution in [0.2, 0.25) is 0 Å². The highest BCUT2D eigenvalue weighted by Crippen LogP contribution is 2.28. The van der Waals surface area contributed by atoms with Crippen LogP contribution in [0.5, 0.6) is 5.75 Å². The topological polar surface area (TPSA) is 58.6 Å². The zero-order valence-corrected chi connectivity index (χ0v) is 11.6. The summed E-state index contributed by atoms with van der Waals surface area (Å²) >= 11 is 0. The van der Waals surface area contributed by atoms with Crippen molar-refractivity contribution in [2.75, 3.05) is 13.2 Å². The fraction of sp³-hybridized carbons (Fsp3) is 0.562. The summed E-state index contributed by atoms with van der Waals surface area (Å²) < 4.78 is 5.43. The number of rotatable bonds is 4. The lowest BCUT2D eigenvalue weighted by Crippen LogP contribution is -2.35. The van der Waals surface area contributed by atoms with E-state index in [1.807, 2.05) is 12.1 Å². The Bertz CT molecular complexity index is 494. The molecule has 1 aliphatic heterocycles. The molecule has 1 heterocycles. The number of hydrogen-bond acceptors (Lipinski definition) is 3. The van der Waals surface area contributed by atoms with Crippen molar-refractivity contribution in [3.63, 3.8) is 0 Å². The second kappa shape index (κ2) is 5.83. The van der Waals surface area contributed by atoms with Crippen LogP contribution in [0.25, 0.3) is 0 Å². The van der Waals surface area contributed by atoms with Gasteiger partial charge in [-0.1, -0.05) is 12.8 Å². The third kappa shape index (κ3) is 2.80. The van der Waals surface area contributed by atoms with Crippen LogP contribution in [0.3, 0.4) is 0 Å². The van der Waals surface area contributed by atoms with Crippen molar-refractivity contribution in [1.82, 2.24) is 5.32 Å². The number of benzene rings is 1. The molecule has 1 aromatic rings. The van der Waals surface area contributed by atoms with Crippen molar-refractivity contribution in [2.24, 2.45) is 5.92 Å². The number of fused-ring (bicyclic) bond motifs is 1. The van der Waals surface area contributed by atoms with Crippen LogP contribution in [0.15, 0.2) is 18.2 Å². The van der Waals surface area contributed by atoms with E-state index in [0.29, 0.717) is 24.6 Å². The maximum Gasteiger partial charge on any atom is 0.251 e. The minimum atomic E-state index is -0.417. The summed E-state index contributed by atoms with van der Waals surface area (Å²) in [6.45, 7) is 1.04. The van der Waals surface area contributed by atoms with Gasteiger partial charge < -0.3 is 15.2 Å². The van der Waals surface area contributed by atoms with Crippen molar-refractivity contribution < 1.29 is 14.6 Å².